The normalized spacial score (nSPS) is 16.5. The SMILES string of the molecule is COc1cccc(-c2nc3sccn3c2-c2ccnc(NC3CCNC3)n2)c1. The van der Waals surface area contributed by atoms with Crippen LogP contribution in [0.25, 0.3) is 27.6 Å². The first-order valence-electron chi connectivity index (χ1n) is 9.22. The average molecular weight is 392 g/mol. The maximum Gasteiger partial charge on any atom is 0.223 e. The summed E-state index contributed by atoms with van der Waals surface area (Å²) < 4.78 is 7.48. The number of nitrogens with zero attached hydrogens (tertiary/aromatic N) is 4. The van der Waals surface area contributed by atoms with Gasteiger partial charge in [0, 0.05) is 35.9 Å². The second kappa shape index (κ2) is 7.21. The van der Waals surface area contributed by atoms with Gasteiger partial charge in [0.05, 0.1) is 18.5 Å². The van der Waals surface area contributed by atoms with E-state index in [0.29, 0.717) is 12.0 Å². The van der Waals surface area contributed by atoms with Crippen molar-refractivity contribution in [1.82, 2.24) is 24.7 Å². The first-order valence-corrected chi connectivity index (χ1v) is 10.1. The highest BCUT2D eigenvalue weighted by Crippen LogP contribution is 2.34. The highest BCUT2D eigenvalue weighted by molar-refractivity contribution is 7.15. The molecule has 1 unspecified atom stereocenters. The Hall–Kier alpha value is -2.97. The Morgan fingerprint density at radius 1 is 1.29 bits per heavy atom. The lowest BCUT2D eigenvalue weighted by Gasteiger charge is -2.12. The first-order chi connectivity index (χ1) is 13.8. The Morgan fingerprint density at radius 2 is 2.25 bits per heavy atom. The number of hydrogen-bond acceptors (Lipinski definition) is 7. The van der Waals surface area contributed by atoms with Gasteiger partial charge in [0.2, 0.25) is 5.95 Å². The third-order valence-electron chi connectivity index (χ3n) is 4.90. The summed E-state index contributed by atoms with van der Waals surface area (Å²) in [6.07, 6.45) is 4.90. The van der Waals surface area contributed by atoms with Crippen molar-refractivity contribution in [2.24, 2.45) is 0 Å². The molecule has 28 heavy (non-hydrogen) atoms. The molecule has 0 radical (unpaired) electrons. The summed E-state index contributed by atoms with van der Waals surface area (Å²) in [4.78, 5) is 15.0. The predicted octanol–water partition coefficient (Wildman–Crippen LogP) is 3.30. The number of methoxy groups -OCH3 is 1. The van der Waals surface area contributed by atoms with E-state index < -0.39 is 0 Å². The lowest BCUT2D eigenvalue weighted by atomic mass is 10.1. The highest BCUT2D eigenvalue weighted by atomic mass is 32.1. The molecule has 1 aliphatic rings. The molecule has 1 saturated heterocycles. The number of imidazole rings is 1. The van der Waals surface area contributed by atoms with E-state index in [4.69, 9.17) is 14.7 Å². The molecule has 7 nitrogen and oxygen atoms in total. The van der Waals surface area contributed by atoms with Crippen molar-refractivity contribution in [2.45, 2.75) is 12.5 Å². The van der Waals surface area contributed by atoms with Crippen LogP contribution in [-0.2, 0) is 0 Å². The number of hydrogen-bond donors (Lipinski definition) is 2. The summed E-state index contributed by atoms with van der Waals surface area (Å²) in [7, 11) is 1.67. The van der Waals surface area contributed by atoms with E-state index in [0.717, 1.165) is 52.9 Å². The molecule has 1 aromatic carbocycles. The minimum absolute atomic E-state index is 0.361. The molecule has 8 heteroatoms. The van der Waals surface area contributed by atoms with E-state index in [1.54, 1.807) is 24.6 Å². The third kappa shape index (κ3) is 3.10. The molecule has 4 aromatic rings. The zero-order chi connectivity index (χ0) is 18.9. The number of nitrogens with one attached hydrogen (secondary N) is 2. The number of thiazole rings is 1. The summed E-state index contributed by atoms with van der Waals surface area (Å²) in [5, 5.41) is 8.82. The van der Waals surface area contributed by atoms with E-state index in [1.165, 1.54) is 0 Å². The molecule has 0 bridgehead atoms. The summed E-state index contributed by atoms with van der Waals surface area (Å²) in [6.45, 7) is 1.96. The molecule has 1 fully saturated rings. The van der Waals surface area contributed by atoms with Crippen LogP contribution in [-0.4, -0.2) is 45.6 Å². The standard InChI is InChI=1S/C20H20N6OS/c1-27-15-4-2-3-13(11-15)17-18(26-9-10-28-20(26)25-17)16-6-8-22-19(24-16)23-14-5-7-21-12-14/h2-4,6,8-11,14,21H,5,7,12H2,1H3,(H,22,23,24). The molecule has 4 heterocycles. The Kier molecular flexibility index (Phi) is 4.42. The lowest BCUT2D eigenvalue weighted by molar-refractivity contribution is 0.415. The fourth-order valence-corrected chi connectivity index (χ4v) is 4.24. The van der Waals surface area contributed by atoms with Crippen LogP contribution in [0.1, 0.15) is 6.42 Å². The second-order valence-corrected chi connectivity index (χ2v) is 7.57. The van der Waals surface area contributed by atoms with Gasteiger partial charge >= 0.3 is 0 Å². The lowest BCUT2D eigenvalue weighted by Crippen LogP contribution is -2.23. The number of ether oxygens (including phenoxy) is 1. The van der Waals surface area contributed by atoms with Crippen LogP contribution in [0.3, 0.4) is 0 Å². The van der Waals surface area contributed by atoms with Crippen molar-refractivity contribution in [1.29, 1.82) is 0 Å². The van der Waals surface area contributed by atoms with E-state index in [2.05, 4.69) is 20.0 Å². The molecular formula is C20H20N6OS. The van der Waals surface area contributed by atoms with Crippen LogP contribution >= 0.6 is 11.3 Å². The minimum atomic E-state index is 0.361. The molecule has 5 rings (SSSR count). The van der Waals surface area contributed by atoms with Crippen LogP contribution < -0.4 is 15.4 Å². The van der Waals surface area contributed by atoms with E-state index >= 15 is 0 Å². The fraction of sp³-hybridized carbons (Fsp3) is 0.250. The quantitative estimate of drug-likeness (QED) is 0.543. The van der Waals surface area contributed by atoms with Gasteiger partial charge in [-0.25, -0.2) is 15.0 Å². The molecular weight excluding hydrogens is 372 g/mol. The van der Waals surface area contributed by atoms with Gasteiger partial charge in [0.15, 0.2) is 4.96 Å². The van der Waals surface area contributed by atoms with Gasteiger partial charge in [0.25, 0.3) is 0 Å². The van der Waals surface area contributed by atoms with Crippen molar-refractivity contribution in [2.75, 3.05) is 25.5 Å². The zero-order valence-corrected chi connectivity index (χ0v) is 16.2. The van der Waals surface area contributed by atoms with Crippen molar-refractivity contribution < 1.29 is 4.74 Å². The second-order valence-electron chi connectivity index (χ2n) is 6.70. The fourth-order valence-electron chi connectivity index (χ4n) is 3.52. The van der Waals surface area contributed by atoms with Crippen molar-refractivity contribution in [3.05, 3.63) is 48.1 Å². The zero-order valence-electron chi connectivity index (χ0n) is 15.4. The number of rotatable bonds is 5. The summed E-state index contributed by atoms with van der Waals surface area (Å²) in [5.74, 6) is 1.45. The molecule has 1 aliphatic heterocycles. The Balaban J connectivity index is 1.61. The molecule has 2 N–H and O–H groups in total. The van der Waals surface area contributed by atoms with E-state index in [-0.39, 0.29) is 0 Å². The number of aromatic nitrogens is 4. The van der Waals surface area contributed by atoms with Crippen molar-refractivity contribution in [3.63, 3.8) is 0 Å². The van der Waals surface area contributed by atoms with Gasteiger partial charge in [-0.2, -0.15) is 0 Å². The van der Waals surface area contributed by atoms with Gasteiger partial charge in [-0.05, 0) is 31.2 Å². The average Bonchev–Trinajstić information content (AvgIpc) is 3.45. The highest BCUT2D eigenvalue weighted by Gasteiger charge is 2.20. The number of anilines is 1. The largest absolute Gasteiger partial charge is 0.497 e. The van der Waals surface area contributed by atoms with Crippen LogP contribution in [0.4, 0.5) is 5.95 Å². The van der Waals surface area contributed by atoms with E-state index in [1.807, 2.05) is 41.9 Å². The molecule has 3 aromatic heterocycles. The molecule has 1 atom stereocenters. The Labute approximate surface area is 166 Å². The monoisotopic (exact) mass is 392 g/mol. The molecule has 0 amide bonds. The van der Waals surface area contributed by atoms with Gasteiger partial charge in [-0.1, -0.05) is 12.1 Å². The Bertz CT molecular complexity index is 1110. The predicted molar refractivity (Wildman–Crippen MR) is 111 cm³/mol. The molecule has 0 spiro atoms. The van der Waals surface area contributed by atoms with Crippen LogP contribution in [0.5, 0.6) is 5.75 Å². The van der Waals surface area contributed by atoms with Gasteiger partial charge in [0.1, 0.15) is 11.4 Å². The van der Waals surface area contributed by atoms with Crippen LogP contribution in [0, 0.1) is 0 Å². The summed E-state index contributed by atoms with van der Waals surface area (Å²) in [6, 6.07) is 10.3. The maximum atomic E-state index is 5.40. The van der Waals surface area contributed by atoms with E-state index in [9.17, 15) is 0 Å². The first kappa shape index (κ1) is 17.2. The van der Waals surface area contributed by atoms with Crippen molar-refractivity contribution in [3.8, 4) is 28.4 Å². The minimum Gasteiger partial charge on any atom is -0.497 e. The number of benzene rings is 1. The van der Waals surface area contributed by atoms with Crippen LogP contribution in [0.2, 0.25) is 0 Å². The number of fused-ring (bicyclic) bond motifs is 1. The topological polar surface area (TPSA) is 76.4 Å². The van der Waals surface area contributed by atoms with Gasteiger partial charge < -0.3 is 15.4 Å². The Morgan fingerprint density at radius 3 is 3.11 bits per heavy atom. The maximum absolute atomic E-state index is 5.40. The summed E-state index contributed by atoms with van der Waals surface area (Å²) >= 11 is 1.61. The third-order valence-corrected chi connectivity index (χ3v) is 5.65. The van der Waals surface area contributed by atoms with Gasteiger partial charge in [-0.15, -0.1) is 11.3 Å². The van der Waals surface area contributed by atoms with Crippen molar-refractivity contribution >= 4 is 22.2 Å². The summed E-state index contributed by atoms with van der Waals surface area (Å²) in [5.41, 5.74) is 3.68. The van der Waals surface area contributed by atoms with Gasteiger partial charge in [-0.3, -0.25) is 4.40 Å². The molecule has 0 aliphatic carbocycles. The molecule has 0 saturated carbocycles. The smallest absolute Gasteiger partial charge is 0.223 e. The van der Waals surface area contributed by atoms with Crippen LogP contribution in [0.15, 0.2) is 48.1 Å². The molecule has 142 valence electrons.